The number of nitrogens with zero attached hydrogens (tertiary/aromatic N) is 2. The predicted octanol–water partition coefficient (Wildman–Crippen LogP) is 2.19. The Kier molecular flexibility index (Phi) is 5.35. The molecule has 0 aromatic carbocycles. The molecule has 0 spiro atoms. The van der Waals surface area contributed by atoms with E-state index in [1.165, 1.54) is 10.4 Å². The van der Waals surface area contributed by atoms with Crippen LogP contribution in [0, 0.1) is 13.8 Å². The van der Waals surface area contributed by atoms with Gasteiger partial charge in [-0.1, -0.05) is 0 Å². The molecule has 0 unspecified atom stereocenters. The third kappa shape index (κ3) is 3.70. The van der Waals surface area contributed by atoms with Crippen LogP contribution in [0.3, 0.4) is 0 Å². The number of thioether (sulfide) groups is 1. The van der Waals surface area contributed by atoms with Crippen molar-refractivity contribution in [1.29, 1.82) is 0 Å². The zero-order valence-corrected chi connectivity index (χ0v) is 15.4. The molecule has 0 aliphatic carbocycles. The van der Waals surface area contributed by atoms with Crippen LogP contribution in [0.15, 0.2) is 11.4 Å². The molecule has 2 aromatic rings. The monoisotopic (exact) mass is 364 g/mol. The van der Waals surface area contributed by atoms with E-state index in [2.05, 4.69) is 34.4 Å². The minimum Gasteiger partial charge on any atom is -0.354 e. The number of hydrogen-bond acceptors (Lipinski definition) is 6. The van der Waals surface area contributed by atoms with E-state index in [1.807, 2.05) is 0 Å². The van der Waals surface area contributed by atoms with Gasteiger partial charge in [-0.2, -0.15) is 0 Å². The number of carbonyl (C=O) groups excluding carboxylic acids is 2. The topological polar surface area (TPSA) is 84.0 Å². The first-order valence-electron chi connectivity index (χ1n) is 7.97. The number of hydrogen-bond donors (Lipinski definition) is 2. The van der Waals surface area contributed by atoms with Gasteiger partial charge >= 0.3 is 0 Å². The summed E-state index contributed by atoms with van der Waals surface area (Å²) in [7, 11) is 0. The molecule has 0 bridgehead atoms. The molecule has 2 aromatic heterocycles. The maximum atomic E-state index is 12.0. The van der Waals surface area contributed by atoms with Crippen molar-refractivity contribution in [3.05, 3.63) is 16.8 Å². The normalized spacial score (nSPS) is 17.8. The van der Waals surface area contributed by atoms with Crippen LogP contribution >= 0.6 is 23.1 Å². The van der Waals surface area contributed by atoms with E-state index < -0.39 is 0 Å². The molecule has 3 rings (SSSR count). The molecule has 1 fully saturated rings. The summed E-state index contributed by atoms with van der Waals surface area (Å²) < 4.78 is 0. The molecule has 0 radical (unpaired) electrons. The van der Waals surface area contributed by atoms with Crippen LogP contribution in [-0.4, -0.2) is 40.1 Å². The number of fused-ring (bicyclic) bond motifs is 1. The minimum atomic E-state index is -0.385. The second-order valence-corrected chi connectivity index (χ2v) is 8.08. The Hall–Kier alpha value is -1.67. The lowest BCUT2D eigenvalue weighted by molar-refractivity contribution is -0.129. The summed E-state index contributed by atoms with van der Waals surface area (Å²) >= 11 is 3.23. The summed E-state index contributed by atoms with van der Waals surface area (Å²) in [6.07, 6.45) is 3.56. The molecule has 128 valence electrons. The van der Waals surface area contributed by atoms with Gasteiger partial charge in [0, 0.05) is 29.0 Å². The van der Waals surface area contributed by atoms with Gasteiger partial charge in [-0.15, -0.1) is 23.1 Å². The molecule has 1 aliphatic heterocycles. The summed E-state index contributed by atoms with van der Waals surface area (Å²) in [6, 6.07) is -0.385. The Morgan fingerprint density at radius 2 is 2.29 bits per heavy atom. The van der Waals surface area contributed by atoms with Crippen molar-refractivity contribution in [2.75, 3.05) is 12.3 Å². The van der Waals surface area contributed by atoms with Crippen molar-refractivity contribution >= 4 is 45.1 Å². The number of aryl methyl sites for hydroxylation is 2. The SMILES string of the molecule is Cc1sc2ncnc(SCCC(=O)N[C@H]3CCCNC3=O)c2c1C. The summed E-state index contributed by atoms with van der Waals surface area (Å²) in [5.41, 5.74) is 1.21. The Morgan fingerprint density at radius 3 is 3.08 bits per heavy atom. The van der Waals surface area contributed by atoms with Gasteiger partial charge < -0.3 is 10.6 Å². The van der Waals surface area contributed by atoms with E-state index in [0.29, 0.717) is 25.1 Å². The van der Waals surface area contributed by atoms with Gasteiger partial charge in [-0.05, 0) is 32.3 Å². The highest BCUT2D eigenvalue weighted by Gasteiger charge is 2.23. The van der Waals surface area contributed by atoms with Gasteiger partial charge in [0.2, 0.25) is 11.8 Å². The van der Waals surface area contributed by atoms with E-state index in [9.17, 15) is 9.59 Å². The smallest absolute Gasteiger partial charge is 0.242 e. The Labute approximate surface area is 148 Å². The number of nitrogens with one attached hydrogen (secondary N) is 2. The first kappa shape index (κ1) is 17.2. The van der Waals surface area contributed by atoms with Crippen LogP contribution in [-0.2, 0) is 9.59 Å². The van der Waals surface area contributed by atoms with Gasteiger partial charge in [0.1, 0.15) is 22.2 Å². The van der Waals surface area contributed by atoms with Crippen LogP contribution in [0.2, 0.25) is 0 Å². The van der Waals surface area contributed by atoms with Crippen LogP contribution in [0.25, 0.3) is 10.2 Å². The lowest BCUT2D eigenvalue weighted by atomic mass is 10.1. The molecule has 0 saturated carbocycles. The van der Waals surface area contributed by atoms with Crippen LogP contribution in [0.1, 0.15) is 29.7 Å². The minimum absolute atomic E-state index is 0.0795. The van der Waals surface area contributed by atoms with Crippen molar-refractivity contribution in [3.8, 4) is 0 Å². The summed E-state index contributed by atoms with van der Waals surface area (Å²) in [5.74, 6) is 0.456. The number of rotatable bonds is 5. The Balaban J connectivity index is 1.56. The van der Waals surface area contributed by atoms with Crippen LogP contribution < -0.4 is 10.6 Å². The molecule has 8 heteroatoms. The molecule has 3 heterocycles. The fraction of sp³-hybridized carbons (Fsp3) is 0.500. The molecule has 2 N–H and O–H groups in total. The average Bonchev–Trinajstić information content (AvgIpc) is 2.85. The second-order valence-electron chi connectivity index (χ2n) is 5.79. The summed E-state index contributed by atoms with van der Waals surface area (Å²) in [5, 5.41) is 7.60. The summed E-state index contributed by atoms with van der Waals surface area (Å²) in [4.78, 5) is 34.6. The highest BCUT2D eigenvalue weighted by molar-refractivity contribution is 7.99. The van der Waals surface area contributed by atoms with Gasteiger partial charge in [0.15, 0.2) is 0 Å². The van der Waals surface area contributed by atoms with Crippen LogP contribution in [0.5, 0.6) is 0 Å². The second kappa shape index (κ2) is 7.48. The molecular formula is C16H20N4O2S2. The van der Waals surface area contributed by atoms with Gasteiger partial charge in [-0.3, -0.25) is 9.59 Å². The largest absolute Gasteiger partial charge is 0.354 e. The third-order valence-corrected chi connectivity index (χ3v) is 6.23. The maximum Gasteiger partial charge on any atom is 0.242 e. The average molecular weight is 364 g/mol. The maximum absolute atomic E-state index is 12.0. The van der Waals surface area contributed by atoms with Crippen molar-refractivity contribution in [1.82, 2.24) is 20.6 Å². The van der Waals surface area contributed by atoms with E-state index in [0.717, 1.165) is 21.7 Å². The molecule has 6 nitrogen and oxygen atoms in total. The third-order valence-electron chi connectivity index (χ3n) is 4.12. The Morgan fingerprint density at radius 1 is 1.46 bits per heavy atom. The number of thiophene rings is 1. The highest BCUT2D eigenvalue weighted by atomic mass is 32.2. The quantitative estimate of drug-likeness (QED) is 0.628. The van der Waals surface area contributed by atoms with Crippen molar-refractivity contribution < 1.29 is 9.59 Å². The number of amides is 2. The zero-order valence-electron chi connectivity index (χ0n) is 13.7. The van der Waals surface area contributed by atoms with Gasteiger partial charge in [0.25, 0.3) is 0 Å². The van der Waals surface area contributed by atoms with Crippen LogP contribution in [0.4, 0.5) is 0 Å². The standard InChI is InChI=1S/C16H20N4O2S2/c1-9-10(2)24-16-13(9)15(18-8-19-16)23-7-5-12(21)20-11-4-3-6-17-14(11)22/h8,11H,3-7H2,1-2H3,(H,17,22)(H,20,21)/t11-/m0/s1. The molecule has 24 heavy (non-hydrogen) atoms. The first-order chi connectivity index (χ1) is 11.6. The lowest BCUT2D eigenvalue weighted by Crippen LogP contribution is -2.50. The Bertz CT molecular complexity index is 775. The van der Waals surface area contributed by atoms with Crippen molar-refractivity contribution in [2.24, 2.45) is 0 Å². The fourth-order valence-corrected chi connectivity index (χ4v) is 4.73. The summed E-state index contributed by atoms with van der Waals surface area (Å²) in [6.45, 7) is 4.86. The zero-order chi connectivity index (χ0) is 17.1. The van der Waals surface area contributed by atoms with Gasteiger partial charge in [-0.25, -0.2) is 9.97 Å². The predicted molar refractivity (Wildman–Crippen MR) is 96.4 cm³/mol. The fourth-order valence-electron chi connectivity index (χ4n) is 2.68. The van der Waals surface area contributed by atoms with Crippen molar-refractivity contribution in [3.63, 3.8) is 0 Å². The molecule has 1 atom stereocenters. The lowest BCUT2D eigenvalue weighted by Gasteiger charge is -2.22. The number of aromatic nitrogens is 2. The van der Waals surface area contributed by atoms with E-state index in [1.54, 1.807) is 29.4 Å². The first-order valence-corrected chi connectivity index (χ1v) is 9.77. The number of carbonyl (C=O) groups is 2. The van der Waals surface area contributed by atoms with E-state index in [4.69, 9.17) is 0 Å². The molecule has 1 saturated heterocycles. The van der Waals surface area contributed by atoms with E-state index in [-0.39, 0.29) is 17.9 Å². The van der Waals surface area contributed by atoms with Crippen molar-refractivity contribution in [2.45, 2.75) is 44.2 Å². The van der Waals surface area contributed by atoms with Gasteiger partial charge in [0.05, 0.1) is 0 Å². The number of piperidine rings is 1. The molecular weight excluding hydrogens is 344 g/mol. The van der Waals surface area contributed by atoms with E-state index >= 15 is 0 Å². The highest BCUT2D eigenvalue weighted by Crippen LogP contribution is 2.34. The molecule has 2 amide bonds. The molecule has 1 aliphatic rings.